The van der Waals surface area contributed by atoms with Crippen molar-refractivity contribution in [3.63, 3.8) is 0 Å². The summed E-state index contributed by atoms with van der Waals surface area (Å²) in [6, 6.07) is 8.38. The van der Waals surface area contributed by atoms with Gasteiger partial charge in [-0.25, -0.2) is 0 Å². The highest BCUT2D eigenvalue weighted by molar-refractivity contribution is 6.30. The van der Waals surface area contributed by atoms with E-state index < -0.39 is 0 Å². The van der Waals surface area contributed by atoms with Crippen molar-refractivity contribution in [3.05, 3.63) is 34.9 Å². The van der Waals surface area contributed by atoms with Gasteiger partial charge in [0.05, 0.1) is 12.2 Å². The normalized spacial score (nSPS) is 30.3. The first-order valence-corrected chi connectivity index (χ1v) is 7.42. The maximum absolute atomic E-state index is 6.24. The molecule has 0 spiro atoms. The highest BCUT2D eigenvalue weighted by atomic mass is 35.5. The molecule has 0 saturated carbocycles. The van der Waals surface area contributed by atoms with Gasteiger partial charge in [-0.1, -0.05) is 23.7 Å². The Bertz CT molecular complexity index is 440. The van der Waals surface area contributed by atoms with Crippen LogP contribution in [0.1, 0.15) is 31.4 Å². The number of fused-ring (bicyclic) bond motifs is 2. The van der Waals surface area contributed by atoms with Gasteiger partial charge in [0.25, 0.3) is 0 Å². The molecule has 0 radical (unpaired) electrons. The second-order valence-electron chi connectivity index (χ2n) is 5.77. The van der Waals surface area contributed by atoms with E-state index in [1.807, 2.05) is 18.2 Å². The number of likely N-dealkylation sites (tertiary alicyclic amines) is 1. The van der Waals surface area contributed by atoms with E-state index in [1.54, 1.807) is 0 Å². The van der Waals surface area contributed by atoms with E-state index in [1.165, 1.54) is 18.4 Å². The van der Waals surface area contributed by atoms with Crippen molar-refractivity contribution < 1.29 is 4.74 Å². The van der Waals surface area contributed by atoms with Crippen LogP contribution in [-0.2, 0) is 4.74 Å². The van der Waals surface area contributed by atoms with Crippen LogP contribution < -0.4 is 5.73 Å². The van der Waals surface area contributed by atoms with Crippen LogP contribution in [0, 0.1) is 0 Å². The summed E-state index contributed by atoms with van der Waals surface area (Å²) in [5, 5.41) is 0.777. The number of halogens is 1. The van der Waals surface area contributed by atoms with Crippen molar-refractivity contribution in [1.29, 1.82) is 0 Å². The molecule has 4 atom stereocenters. The zero-order chi connectivity index (χ0) is 13.4. The molecule has 19 heavy (non-hydrogen) atoms. The summed E-state index contributed by atoms with van der Waals surface area (Å²) < 4.78 is 5.91. The number of morpholine rings is 1. The number of nitrogens with two attached hydrogens (primary N) is 1. The van der Waals surface area contributed by atoms with Crippen LogP contribution in [0.15, 0.2) is 24.3 Å². The van der Waals surface area contributed by atoms with Crippen LogP contribution >= 0.6 is 11.6 Å². The van der Waals surface area contributed by atoms with E-state index in [9.17, 15) is 0 Å². The molecule has 0 aliphatic carbocycles. The molecule has 2 bridgehead atoms. The number of rotatable bonds is 3. The quantitative estimate of drug-likeness (QED) is 0.925. The number of hydrogen-bond donors (Lipinski definition) is 1. The molecule has 4 heteroatoms. The van der Waals surface area contributed by atoms with E-state index in [0.29, 0.717) is 12.2 Å². The molecule has 0 aromatic heterocycles. The third-order valence-corrected chi connectivity index (χ3v) is 4.39. The van der Waals surface area contributed by atoms with E-state index in [4.69, 9.17) is 22.1 Å². The molecule has 2 fully saturated rings. The fourth-order valence-corrected chi connectivity index (χ4v) is 3.61. The Kier molecular flexibility index (Phi) is 3.81. The lowest BCUT2D eigenvalue weighted by Gasteiger charge is -2.40. The summed E-state index contributed by atoms with van der Waals surface area (Å²) in [6.45, 7) is 4.04. The Morgan fingerprint density at radius 2 is 2.00 bits per heavy atom. The Balaban J connectivity index is 1.85. The predicted octanol–water partition coefficient (Wildman–Crippen LogP) is 2.59. The van der Waals surface area contributed by atoms with Gasteiger partial charge in [0.1, 0.15) is 0 Å². The van der Waals surface area contributed by atoms with Crippen LogP contribution in [-0.4, -0.2) is 36.2 Å². The highest BCUT2D eigenvalue weighted by Crippen LogP contribution is 2.33. The summed E-state index contributed by atoms with van der Waals surface area (Å²) in [5.74, 6) is 0. The van der Waals surface area contributed by atoms with Gasteiger partial charge in [-0.15, -0.1) is 0 Å². The molecule has 3 nitrogen and oxygen atoms in total. The van der Waals surface area contributed by atoms with Crippen molar-refractivity contribution in [3.8, 4) is 0 Å². The third-order valence-electron chi connectivity index (χ3n) is 4.15. The van der Waals surface area contributed by atoms with Gasteiger partial charge in [0.15, 0.2) is 0 Å². The summed E-state index contributed by atoms with van der Waals surface area (Å²) in [5.41, 5.74) is 7.45. The first kappa shape index (κ1) is 13.4. The Hall–Kier alpha value is -0.610. The minimum Gasteiger partial charge on any atom is -0.372 e. The Labute approximate surface area is 119 Å². The molecule has 1 aromatic rings. The van der Waals surface area contributed by atoms with E-state index in [2.05, 4.69) is 17.9 Å². The van der Waals surface area contributed by atoms with Crippen LogP contribution in [0.4, 0.5) is 0 Å². The van der Waals surface area contributed by atoms with Crippen LogP contribution in [0.3, 0.4) is 0 Å². The molecular weight excluding hydrogens is 260 g/mol. The monoisotopic (exact) mass is 280 g/mol. The van der Waals surface area contributed by atoms with E-state index >= 15 is 0 Å². The standard InChI is InChI=1S/C15H21ClN2O/c1-10(17)15(11-3-2-4-12(16)7-11)18-8-13-5-6-14(9-18)19-13/h2-4,7,10,13-15H,5-6,8-9,17H2,1H3. The van der Waals surface area contributed by atoms with Gasteiger partial charge in [-0.2, -0.15) is 0 Å². The second-order valence-corrected chi connectivity index (χ2v) is 6.21. The molecule has 104 valence electrons. The molecule has 4 unspecified atom stereocenters. The molecular formula is C15H21ClN2O. The lowest BCUT2D eigenvalue weighted by Crippen LogP contribution is -2.48. The Morgan fingerprint density at radius 3 is 2.58 bits per heavy atom. The second kappa shape index (κ2) is 5.41. The highest BCUT2D eigenvalue weighted by Gasteiger charge is 2.37. The van der Waals surface area contributed by atoms with Crippen molar-refractivity contribution in [2.75, 3.05) is 13.1 Å². The zero-order valence-corrected chi connectivity index (χ0v) is 12.0. The fourth-order valence-electron chi connectivity index (χ4n) is 3.41. The van der Waals surface area contributed by atoms with Gasteiger partial charge in [-0.05, 0) is 37.5 Å². The number of nitrogens with zero attached hydrogens (tertiary/aromatic N) is 1. The molecule has 0 amide bonds. The largest absolute Gasteiger partial charge is 0.372 e. The number of ether oxygens (including phenoxy) is 1. The maximum Gasteiger partial charge on any atom is 0.0707 e. The van der Waals surface area contributed by atoms with Crippen molar-refractivity contribution in [2.24, 2.45) is 5.73 Å². The van der Waals surface area contributed by atoms with Gasteiger partial charge in [0, 0.05) is 30.2 Å². The SMILES string of the molecule is CC(N)C(c1cccc(Cl)c1)N1CC2CCC(C1)O2. The summed E-state index contributed by atoms with van der Waals surface area (Å²) in [7, 11) is 0. The summed E-state index contributed by atoms with van der Waals surface area (Å²) >= 11 is 6.12. The minimum atomic E-state index is 0.0796. The van der Waals surface area contributed by atoms with E-state index in [0.717, 1.165) is 18.1 Å². The summed E-state index contributed by atoms with van der Waals surface area (Å²) in [4.78, 5) is 2.47. The molecule has 2 heterocycles. The summed E-state index contributed by atoms with van der Waals surface area (Å²) in [6.07, 6.45) is 3.14. The first-order valence-electron chi connectivity index (χ1n) is 7.04. The number of benzene rings is 1. The maximum atomic E-state index is 6.24. The van der Waals surface area contributed by atoms with Gasteiger partial charge in [-0.3, -0.25) is 4.90 Å². The lowest BCUT2D eigenvalue weighted by atomic mass is 9.98. The fraction of sp³-hybridized carbons (Fsp3) is 0.600. The first-order chi connectivity index (χ1) is 9.13. The van der Waals surface area contributed by atoms with E-state index in [-0.39, 0.29) is 12.1 Å². The smallest absolute Gasteiger partial charge is 0.0707 e. The van der Waals surface area contributed by atoms with Crippen LogP contribution in [0.5, 0.6) is 0 Å². The average molecular weight is 281 g/mol. The van der Waals surface area contributed by atoms with Gasteiger partial charge >= 0.3 is 0 Å². The number of hydrogen-bond acceptors (Lipinski definition) is 3. The average Bonchev–Trinajstić information content (AvgIpc) is 2.68. The molecule has 1 aromatic carbocycles. The minimum absolute atomic E-state index is 0.0796. The molecule has 2 aliphatic heterocycles. The van der Waals surface area contributed by atoms with Crippen molar-refractivity contribution in [2.45, 2.75) is 44.1 Å². The molecule has 2 N–H and O–H groups in total. The molecule has 2 saturated heterocycles. The van der Waals surface area contributed by atoms with Gasteiger partial charge in [0.2, 0.25) is 0 Å². The molecule has 2 aliphatic rings. The van der Waals surface area contributed by atoms with Crippen LogP contribution in [0.25, 0.3) is 0 Å². The molecule has 3 rings (SSSR count). The van der Waals surface area contributed by atoms with Crippen molar-refractivity contribution in [1.82, 2.24) is 4.90 Å². The van der Waals surface area contributed by atoms with Crippen LogP contribution in [0.2, 0.25) is 5.02 Å². The van der Waals surface area contributed by atoms with Crippen molar-refractivity contribution >= 4 is 11.6 Å². The predicted molar refractivity (Wildman–Crippen MR) is 77.3 cm³/mol. The third kappa shape index (κ3) is 2.79. The lowest BCUT2D eigenvalue weighted by molar-refractivity contribution is -0.0559. The zero-order valence-electron chi connectivity index (χ0n) is 11.3. The topological polar surface area (TPSA) is 38.5 Å². The van der Waals surface area contributed by atoms with Gasteiger partial charge < -0.3 is 10.5 Å². The Morgan fingerprint density at radius 1 is 1.32 bits per heavy atom.